The molecule has 0 atom stereocenters. The lowest BCUT2D eigenvalue weighted by Crippen LogP contribution is -2.27. The van der Waals surface area contributed by atoms with Gasteiger partial charge < -0.3 is 20.0 Å². The Morgan fingerprint density at radius 2 is 1.77 bits per heavy atom. The van der Waals surface area contributed by atoms with Crippen molar-refractivity contribution in [3.63, 3.8) is 0 Å². The van der Waals surface area contributed by atoms with Crippen LogP contribution < -0.4 is 10.1 Å². The SMILES string of the molecule is COc1ccc2[nH]cc(CCNC(=O)Cc3c[nH]c4ccccc34)c2c1. The van der Waals surface area contributed by atoms with Gasteiger partial charge in [0.25, 0.3) is 0 Å². The number of ether oxygens (including phenoxy) is 1. The van der Waals surface area contributed by atoms with Crippen LogP contribution in [0.3, 0.4) is 0 Å². The van der Waals surface area contributed by atoms with Crippen molar-refractivity contribution in [3.05, 3.63) is 66.0 Å². The molecule has 4 aromatic rings. The number of rotatable bonds is 6. The van der Waals surface area contributed by atoms with Crippen LogP contribution in [0.25, 0.3) is 21.8 Å². The predicted molar refractivity (Wildman–Crippen MR) is 104 cm³/mol. The van der Waals surface area contributed by atoms with Crippen LogP contribution in [0.2, 0.25) is 0 Å². The summed E-state index contributed by atoms with van der Waals surface area (Å²) in [4.78, 5) is 18.8. The number of aromatic nitrogens is 2. The van der Waals surface area contributed by atoms with Gasteiger partial charge in [0.05, 0.1) is 13.5 Å². The number of carbonyl (C=O) groups is 1. The summed E-state index contributed by atoms with van der Waals surface area (Å²) in [7, 11) is 1.67. The van der Waals surface area contributed by atoms with Crippen molar-refractivity contribution in [3.8, 4) is 5.75 Å². The van der Waals surface area contributed by atoms with Gasteiger partial charge in [-0.3, -0.25) is 4.79 Å². The summed E-state index contributed by atoms with van der Waals surface area (Å²) in [6.07, 6.45) is 5.06. The van der Waals surface area contributed by atoms with E-state index in [9.17, 15) is 4.79 Å². The van der Waals surface area contributed by atoms with Crippen LogP contribution in [0.1, 0.15) is 11.1 Å². The molecule has 0 aliphatic heterocycles. The molecule has 2 aromatic heterocycles. The van der Waals surface area contributed by atoms with E-state index in [1.165, 1.54) is 5.56 Å². The summed E-state index contributed by atoms with van der Waals surface area (Å²) in [5.41, 5.74) is 4.33. The number of fused-ring (bicyclic) bond motifs is 2. The van der Waals surface area contributed by atoms with E-state index in [1.54, 1.807) is 7.11 Å². The average Bonchev–Trinajstić information content (AvgIpc) is 3.26. The molecule has 0 aliphatic carbocycles. The van der Waals surface area contributed by atoms with Crippen molar-refractivity contribution in [1.29, 1.82) is 0 Å². The van der Waals surface area contributed by atoms with Crippen molar-refractivity contribution in [1.82, 2.24) is 15.3 Å². The second-order valence-electron chi connectivity index (χ2n) is 6.36. The molecule has 3 N–H and O–H groups in total. The minimum absolute atomic E-state index is 0.0344. The molecule has 132 valence electrons. The Morgan fingerprint density at radius 1 is 1.00 bits per heavy atom. The molecule has 0 spiro atoms. The molecule has 0 unspecified atom stereocenters. The first-order valence-corrected chi connectivity index (χ1v) is 8.70. The first-order chi connectivity index (χ1) is 12.7. The molecule has 5 heteroatoms. The summed E-state index contributed by atoms with van der Waals surface area (Å²) in [5.74, 6) is 0.869. The molecule has 0 bridgehead atoms. The van der Waals surface area contributed by atoms with Crippen LogP contribution in [-0.2, 0) is 17.6 Å². The highest BCUT2D eigenvalue weighted by atomic mass is 16.5. The van der Waals surface area contributed by atoms with Gasteiger partial charge in [-0.05, 0) is 41.8 Å². The first kappa shape index (κ1) is 16.3. The Kier molecular flexibility index (Phi) is 4.35. The van der Waals surface area contributed by atoms with Crippen LogP contribution in [0, 0.1) is 0 Å². The smallest absolute Gasteiger partial charge is 0.224 e. The number of benzene rings is 2. The molecule has 5 nitrogen and oxygen atoms in total. The molecule has 2 heterocycles. The topological polar surface area (TPSA) is 69.9 Å². The maximum Gasteiger partial charge on any atom is 0.224 e. The van der Waals surface area contributed by atoms with Gasteiger partial charge in [-0.15, -0.1) is 0 Å². The molecule has 4 rings (SSSR count). The number of amides is 1. The van der Waals surface area contributed by atoms with E-state index in [0.717, 1.165) is 39.5 Å². The first-order valence-electron chi connectivity index (χ1n) is 8.70. The summed E-state index contributed by atoms with van der Waals surface area (Å²) in [6.45, 7) is 0.603. The second kappa shape index (κ2) is 6.96. The number of nitrogens with one attached hydrogen (secondary N) is 3. The minimum atomic E-state index is 0.0344. The lowest BCUT2D eigenvalue weighted by Gasteiger charge is -2.05. The lowest BCUT2D eigenvalue weighted by molar-refractivity contribution is -0.120. The molecule has 26 heavy (non-hydrogen) atoms. The zero-order valence-electron chi connectivity index (χ0n) is 14.6. The number of H-pyrrole nitrogens is 2. The van der Waals surface area contributed by atoms with Gasteiger partial charge in [0.15, 0.2) is 0 Å². The molecule has 0 saturated carbocycles. The second-order valence-corrected chi connectivity index (χ2v) is 6.36. The van der Waals surface area contributed by atoms with Crippen molar-refractivity contribution in [2.24, 2.45) is 0 Å². The average molecular weight is 347 g/mol. The fraction of sp³-hybridized carbons (Fsp3) is 0.190. The minimum Gasteiger partial charge on any atom is -0.497 e. The standard InChI is InChI=1S/C21H21N3O2/c1-26-16-6-7-20-18(11-16)14(12-23-20)8-9-22-21(25)10-15-13-24-19-5-3-2-4-17(15)19/h2-7,11-13,23-24H,8-10H2,1H3,(H,22,25). The molecular weight excluding hydrogens is 326 g/mol. The molecule has 0 radical (unpaired) electrons. The van der Waals surface area contributed by atoms with E-state index in [1.807, 2.05) is 54.9 Å². The van der Waals surface area contributed by atoms with E-state index in [-0.39, 0.29) is 5.91 Å². The van der Waals surface area contributed by atoms with Crippen molar-refractivity contribution >= 4 is 27.7 Å². The summed E-state index contributed by atoms with van der Waals surface area (Å²) >= 11 is 0. The highest BCUT2D eigenvalue weighted by Gasteiger charge is 2.09. The van der Waals surface area contributed by atoms with Crippen LogP contribution in [0.15, 0.2) is 54.9 Å². The number of para-hydroxylation sites is 1. The zero-order valence-corrected chi connectivity index (χ0v) is 14.6. The van der Waals surface area contributed by atoms with E-state index in [4.69, 9.17) is 4.74 Å². The van der Waals surface area contributed by atoms with Gasteiger partial charge in [0.1, 0.15) is 5.75 Å². The number of hydrogen-bond acceptors (Lipinski definition) is 2. The van der Waals surface area contributed by atoms with Gasteiger partial charge in [-0.1, -0.05) is 18.2 Å². The predicted octanol–water partition coefficient (Wildman–Crippen LogP) is 3.56. The van der Waals surface area contributed by atoms with Gasteiger partial charge in [-0.25, -0.2) is 0 Å². The highest BCUT2D eigenvalue weighted by molar-refractivity contribution is 5.89. The Balaban J connectivity index is 1.38. The molecule has 0 aliphatic rings. The highest BCUT2D eigenvalue weighted by Crippen LogP contribution is 2.23. The normalized spacial score (nSPS) is 11.1. The molecule has 2 aromatic carbocycles. The fourth-order valence-corrected chi connectivity index (χ4v) is 3.34. The molecule has 0 fully saturated rings. The third kappa shape index (κ3) is 3.16. The van der Waals surface area contributed by atoms with Crippen molar-refractivity contribution in [2.75, 3.05) is 13.7 Å². The van der Waals surface area contributed by atoms with Gasteiger partial charge in [0, 0.05) is 40.7 Å². The van der Waals surface area contributed by atoms with E-state index >= 15 is 0 Å². The van der Waals surface area contributed by atoms with Crippen LogP contribution in [0.4, 0.5) is 0 Å². The fourth-order valence-electron chi connectivity index (χ4n) is 3.34. The quantitative estimate of drug-likeness (QED) is 0.499. The van der Waals surface area contributed by atoms with Gasteiger partial charge in [0.2, 0.25) is 5.91 Å². The van der Waals surface area contributed by atoms with E-state index < -0.39 is 0 Å². The number of methoxy groups -OCH3 is 1. The Morgan fingerprint density at radius 3 is 2.62 bits per heavy atom. The van der Waals surface area contributed by atoms with Crippen LogP contribution >= 0.6 is 0 Å². The number of carbonyl (C=O) groups excluding carboxylic acids is 1. The van der Waals surface area contributed by atoms with Crippen molar-refractivity contribution < 1.29 is 9.53 Å². The third-order valence-corrected chi connectivity index (χ3v) is 4.72. The summed E-state index contributed by atoms with van der Waals surface area (Å²) < 4.78 is 5.30. The Labute approximate surface area is 151 Å². The molecular formula is C21H21N3O2. The van der Waals surface area contributed by atoms with E-state index in [2.05, 4.69) is 15.3 Å². The van der Waals surface area contributed by atoms with Crippen molar-refractivity contribution in [2.45, 2.75) is 12.8 Å². The monoisotopic (exact) mass is 347 g/mol. The largest absolute Gasteiger partial charge is 0.497 e. The zero-order chi connectivity index (χ0) is 17.9. The Hall–Kier alpha value is -3.21. The Bertz CT molecular complexity index is 1060. The number of hydrogen-bond donors (Lipinski definition) is 3. The summed E-state index contributed by atoms with van der Waals surface area (Å²) in [5, 5.41) is 5.26. The van der Waals surface area contributed by atoms with Crippen LogP contribution in [0.5, 0.6) is 5.75 Å². The summed E-state index contributed by atoms with van der Waals surface area (Å²) in [6, 6.07) is 14.0. The molecule has 1 amide bonds. The van der Waals surface area contributed by atoms with Crippen LogP contribution in [-0.4, -0.2) is 29.5 Å². The third-order valence-electron chi connectivity index (χ3n) is 4.72. The van der Waals surface area contributed by atoms with Gasteiger partial charge >= 0.3 is 0 Å². The maximum atomic E-state index is 12.3. The number of aromatic amines is 2. The maximum absolute atomic E-state index is 12.3. The van der Waals surface area contributed by atoms with Gasteiger partial charge in [-0.2, -0.15) is 0 Å². The lowest BCUT2D eigenvalue weighted by atomic mass is 10.1. The van der Waals surface area contributed by atoms with E-state index in [0.29, 0.717) is 13.0 Å². The molecule has 0 saturated heterocycles.